The molecule has 78 valence electrons. The molecule has 0 fully saturated rings. The Labute approximate surface area is 87.5 Å². The van der Waals surface area contributed by atoms with E-state index in [9.17, 15) is 14.4 Å². The number of amides is 1. The Bertz CT molecular complexity index is 370. The van der Waals surface area contributed by atoms with Crippen LogP contribution >= 0.6 is 0 Å². The van der Waals surface area contributed by atoms with Crippen molar-refractivity contribution in [3.05, 3.63) is 35.4 Å². The lowest BCUT2D eigenvalue weighted by Crippen LogP contribution is -2.28. The van der Waals surface area contributed by atoms with Gasteiger partial charge in [0.1, 0.15) is 12.6 Å². The average molecular weight is 205 g/mol. The third kappa shape index (κ3) is 2.74. The van der Waals surface area contributed by atoms with Crippen LogP contribution in [0.5, 0.6) is 0 Å². The summed E-state index contributed by atoms with van der Waals surface area (Å²) in [5.41, 5.74) is 0.981. The van der Waals surface area contributed by atoms with E-state index in [1.54, 1.807) is 31.3 Å². The zero-order valence-electron chi connectivity index (χ0n) is 8.34. The average Bonchev–Trinajstić information content (AvgIpc) is 2.28. The molecule has 0 atom stereocenters. The lowest BCUT2D eigenvalue weighted by atomic mass is 10.1. The van der Waals surface area contributed by atoms with Crippen molar-refractivity contribution >= 4 is 18.5 Å². The summed E-state index contributed by atoms with van der Waals surface area (Å²) >= 11 is 0. The maximum absolute atomic E-state index is 11.6. The molecule has 0 aliphatic carbocycles. The first-order valence-electron chi connectivity index (χ1n) is 4.43. The van der Waals surface area contributed by atoms with Crippen molar-refractivity contribution in [1.29, 1.82) is 0 Å². The van der Waals surface area contributed by atoms with Gasteiger partial charge in [-0.15, -0.1) is 0 Å². The Balaban J connectivity index is 2.82. The first kappa shape index (κ1) is 11.1. The molecule has 15 heavy (non-hydrogen) atoms. The molecule has 4 heteroatoms. The van der Waals surface area contributed by atoms with Gasteiger partial charge in [-0.25, -0.2) is 0 Å². The Morgan fingerprint density at radius 2 is 1.87 bits per heavy atom. The molecule has 0 bridgehead atoms. The number of carbonyl (C=O) groups is 3. The van der Waals surface area contributed by atoms with Gasteiger partial charge >= 0.3 is 0 Å². The molecule has 0 heterocycles. The molecule has 0 radical (unpaired) electrons. The van der Waals surface area contributed by atoms with Gasteiger partial charge in [0.25, 0.3) is 5.91 Å². The molecule has 0 unspecified atom stereocenters. The minimum Gasteiger partial charge on any atom is -0.335 e. The predicted molar refractivity (Wildman–Crippen MR) is 54.9 cm³/mol. The van der Waals surface area contributed by atoms with Crippen molar-refractivity contribution in [1.82, 2.24) is 4.90 Å². The summed E-state index contributed by atoms with van der Waals surface area (Å²) in [6.45, 7) is 0.0638. The fourth-order valence-electron chi connectivity index (χ4n) is 1.12. The zero-order valence-corrected chi connectivity index (χ0v) is 8.34. The Morgan fingerprint density at radius 1 is 1.27 bits per heavy atom. The number of hydrogen-bond donors (Lipinski definition) is 0. The second-order valence-corrected chi connectivity index (χ2v) is 3.09. The van der Waals surface area contributed by atoms with E-state index in [-0.39, 0.29) is 12.5 Å². The molecule has 1 aromatic carbocycles. The normalized spacial score (nSPS) is 9.40. The highest BCUT2D eigenvalue weighted by atomic mass is 16.2. The highest BCUT2D eigenvalue weighted by molar-refractivity contribution is 5.95. The second kappa shape index (κ2) is 5.05. The first-order chi connectivity index (χ1) is 7.19. The molecule has 0 aliphatic heterocycles. The standard InChI is InChI=1S/C11H11NO3/c1-12(6-7-13)11(15)10-4-2-9(8-14)3-5-10/h2-5,7-8H,6H2,1H3. The van der Waals surface area contributed by atoms with Crippen LogP contribution in [0.1, 0.15) is 20.7 Å². The smallest absolute Gasteiger partial charge is 0.253 e. The van der Waals surface area contributed by atoms with Crippen LogP contribution in [-0.4, -0.2) is 37.0 Å². The number of benzene rings is 1. The van der Waals surface area contributed by atoms with Crippen LogP contribution in [0.3, 0.4) is 0 Å². The lowest BCUT2D eigenvalue weighted by Gasteiger charge is -2.13. The molecule has 0 saturated carbocycles. The lowest BCUT2D eigenvalue weighted by molar-refractivity contribution is -0.108. The molecule has 4 nitrogen and oxygen atoms in total. The Morgan fingerprint density at radius 3 is 2.33 bits per heavy atom. The first-order valence-corrected chi connectivity index (χ1v) is 4.43. The van der Waals surface area contributed by atoms with Gasteiger partial charge in [-0.2, -0.15) is 0 Å². The van der Waals surface area contributed by atoms with Gasteiger partial charge in [0.05, 0.1) is 6.54 Å². The highest BCUT2D eigenvalue weighted by Crippen LogP contribution is 2.05. The molecule has 0 N–H and O–H groups in total. The summed E-state index contributed by atoms with van der Waals surface area (Å²) in [6, 6.07) is 6.25. The van der Waals surface area contributed by atoms with E-state index < -0.39 is 0 Å². The fraction of sp³-hybridized carbons (Fsp3) is 0.182. The van der Waals surface area contributed by atoms with E-state index in [0.717, 1.165) is 0 Å². The maximum Gasteiger partial charge on any atom is 0.253 e. The largest absolute Gasteiger partial charge is 0.335 e. The summed E-state index contributed by atoms with van der Waals surface area (Å²) in [5, 5.41) is 0. The summed E-state index contributed by atoms with van der Waals surface area (Å²) < 4.78 is 0. The van der Waals surface area contributed by atoms with Crippen molar-refractivity contribution in [2.45, 2.75) is 0 Å². The summed E-state index contributed by atoms with van der Waals surface area (Å²) in [4.78, 5) is 33.5. The Hall–Kier alpha value is -1.97. The zero-order chi connectivity index (χ0) is 11.3. The van der Waals surface area contributed by atoms with Gasteiger partial charge in [-0.05, 0) is 12.1 Å². The van der Waals surface area contributed by atoms with Crippen LogP contribution in [0.2, 0.25) is 0 Å². The SMILES string of the molecule is CN(CC=O)C(=O)c1ccc(C=O)cc1. The predicted octanol–water partition coefficient (Wildman–Crippen LogP) is 0.770. The number of rotatable bonds is 4. The molecular weight excluding hydrogens is 194 g/mol. The van der Waals surface area contributed by atoms with Gasteiger partial charge in [-0.3, -0.25) is 9.59 Å². The van der Waals surface area contributed by atoms with Crippen LogP contribution in [0.25, 0.3) is 0 Å². The van der Waals surface area contributed by atoms with E-state index in [1.165, 1.54) is 4.90 Å². The van der Waals surface area contributed by atoms with E-state index in [1.807, 2.05) is 0 Å². The van der Waals surface area contributed by atoms with Crippen LogP contribution in [0.4, 0.5) is 0 Å². The second-order valence-electron chi connectivity index (χ2n) is 3.09. The summed E-state index contributed by atoms with van der Waals surface area (Å²) in [6.07, 6.45) is 1.38. The van der Waals surface area contributed by atoms with Crippen LogP contribution in [0.15, 0.2) is 24.3 Å². The van der Waals surface area contributed by atoms with Gasteiger partial charge < -0.3 is 9.69 Å². The quantitative estimate of drug-likeness (QED) is 0.682. The van der Waals surface area contributed by atoms with Crippen molar-refractivity contribution in [3.8, 4) is 0 Å². The van der Waals surface area contributed by atoms with Gasteiger partial charge in [0.15, 0.2) is 0 Å². The van der Waals surface area contributed by atoms with Crippen LogP contribution in [0, 0.1) is 0 Å². The summed E-state index contributed by atoms with van der Waals surface area (Å²) in [5.74, 6) is -0.237. The number of nitrogens with zero attached hydrogens (tertiary/aromatic N) is 1. The monoisotopic (exact) mass is 205 g/mol. The van der Waals surface area contributed by atoms with E-state index in [0.29, 0.717) is 23.7 Å². The minimum atomic E-state index is -0.237. The Kier molecular flexibility index (Phi) is 3.74. The molecule has 0 aliphatic rings. The van der Waals surface area contributed by atoms with E-state index in [2.05, 4.69) is 0 Å². The number of hydrogen-bond acceptors (Lipinski definition) is 3. The van der Waals surface area contributed by atoms with Crippen molar-refractivity contribution in [2.24, 2.45) is 0 Å². The number of likely N-dealkylation sites (N-methyl/N-ethyl adjacent to an activating group) is 1. The molecule has 0 spiro atoms. The number of carbonyl (C=O) groups excluding carboxylic acids is 3. The van der Waals surface area contributed by atoms with Crippen LogP contribution < -0.4 is 0 Å². The maximum atomic E-state index is 11.6. The topological polar surface area (TPSA) is 54.5 Å². The van der Waals surface area contributed by atoms with Gasteiger partial charge in [0.2, 0.25) is 0 Å². The van der Waals surface area contributed by atoms with Gasteiger partial charge in [-0.1, -0.05) is 12.1 Å². The van der Waals surface area contributed by atoms with E-state index >= 15 is 0 Å². The fourth-order valence-corrected chi connectivity index (χ4v) is 1.12. The molecule has 1 aromatic rings. The van der Waals surface area contributed by atoms with Crippen molar-refractivity contribution in [3.63, 3.8) is 0 Å². The molecule has 0 aromatic heterocycles. The van der Waals surface area contributed by atoms with Crippen molar-refractivity contribution in [2.75, 3.05) is 13.6 Å². The molecule has 0 saturated heterocycles. The van der Waals surface area contributed by atoms with Crippen molar-refractivity contribution < 1.29 is 14.4 Å². The van der Waals surface area contributed by atoms with E-state index in [4.69, 9.17) is 0 Å². The molecule has 1 rings (SSSR count). The van der Waals surface area contributed by atoms with Gasteiger partial charge in [0, 0.05) is 18.2 Å². The highest BCUT2D eigenvalue weighted by Gasteiger charge is 2.10. The minimum absolute atomic E-state index is 0.0638. The third-order valence-electron chi connectivity index (χ3n) is 1.99. The summed E-state index contributed by atoms with van der Waals surface area (Å²) in [7, 11) is 1.55. The van der Waals surface area contributed by atoms with Crippen LogP contribution in [-0.2, 0) is 4.79 Å². The molecule has 1 amide bonds. The number of aldehydes is 2. The molecular formula is C11H11NO3. The third-order valence-corrected chi connectivity index (χ3v) is 1.99.